The standard InChI is InChI=1S/C20H26N4O2/c1-4-20-13-22(9-10-23(20)19(25)26-14-20)12-17-7-5-6-8-18(17)24-16(3)11-15(2)21-24/h5-8,11H,4,9-10,12-14H2,1-3H3. The van der Waals surface area contributed by atoms with Crippen molar-refractivity contribution in [3.8, 4) is 5.69 Å². The van der Waals surface area contributed by atoms with Crippen molar-refractivity contribution < 1.29 is 9.53 Å². The van der Waals surface area contributed by atoms with Crippen LogP contribution in [0, 0.1) is 13.8 Å². The van der Waals surface area contributed by atoms with Crippen molar-refractivity contribution in [2.75, 3.05) is 26.2 Å². The van der Waals surface area contributed by atoms with Crippen molar-refractivity contribution in [2.45, 2.75) is 39.3 Å². The maximum atomic E-state index is 12.0. The molecule has 1 unspecified atom stereocenters. The summed E-state index contributed by atoms with van der Waals surface area (Å²) in [5.41, 5.74) is 4.37. The van der Waals surface area contributed by atoms with E-state index >= 15 is 0 Å². The number of nitrogens with zero attached hydrogens (tertiary/aromatic N) is 4. The Bertz CT molecular complexity index is 831. The first kappa shape index (κ1) is 17.1. The van der Waals surface area contributed by atoms with Crippen LogP contribution in [-0.2, 0) is 11.3 Å². The van der Waals surface area contributed by atoms with E-state index in [2.05, 4.69) is 54.2 Å². The number of benzene rings is 1. The molecule has 1 aromatic heterocycles. The second kappa shape index (κ2) is 6.43. The first-order valence-corrected chi connectivity index (χ1v) is 9.31. The zero-order valence-corrected chi connectivity index (χ0v) is 15.7. The molecular weight excluding hydrogens is 328 g/mol. The van der Waals surface area contributed by atoms with E-state index in [1.54, 1.807) is 0 Å². The molecule has 0 N–H and O–H groups in total. The highest BCUT2D eigenvalue weighted by molar-refractivity contribution is 5.71. The van der Waals surface area contributed by atoms with Gasteiger partial charge in [-0.25, -0.2) is 9.48 Å². The Morgan fingerprint density at radius 1 is 1.23 bits per heavy atom. The molecule has 1 amide bonds. The topological polar surface area (TPSA) is 50.6 Å². The highest BCUT2D eigenvalue weighted by Gasteiger charge is 2.49. The normalized spacial score (nSPS) is 23.2. The number of ether oxygens (including phenoxy) is 1. The minimum atomic E-state index is -0.178. The number of cyclic esters (lactones) is 1. The van der Waals surface area contributed by atoms with Crippen molar-refractivity contribution in [2.24, 2.45) is 0 Å². The molecule has 2 aromatic rings. The lowest BCUT2D eigenvalue weighted by atomic mass is 9.92. The summed E-state index contributed by atoms with van der Waals surface area (Å²) in [7, 11) is 0. The minimum absolute atomic E-state index is 0.158. The number of carbonyl (C=O) groups is 1. The van der Waals surface area contributed by atoms with Crippen LogP contribution in [0.15, 0.2) is 30.3 Å². The van der Waals surface area contributed by atoms with Gasteiger partial charge < -0.3 is 4.74 Å². The Kier molecular flexibility index (Phi) is 4.23. The number of carbonyl (C=O) groups excluding carboxylic acids is 1. The third-order valence-electron chi connectivity index (χ3n) is 5.70. The Morgan fingerprint density at radius 2 is 2.04 bits per heavy atom. The first-order valence-electron chi connectivity index (χ1n) is 9.31. The summed E-state index contributed by atoms with van der Waals surface area (Å²) in [4.78, 5) is 16.4. The van der Waals surface area contributed by atoms with Crippen LogP contribution in [0.1, 0.15) is 30.3 Å². The van der Waals surface area contributed by atoms with Gasteiger partial charge in [-0.3, -0.25) is 9.80 Å². The molecule has 26 heavy (non-hydrogen) atoms. The molecule has 6 nitrogen and oxygen atoms in total. The average molecular weight is 354 g/mol. The smallest absolute Gasteiger partial charge is 0.410 e. The molecule has 2 saturated heterocycles. The van der Waals surface area contributed by atoms with E-state index in [1.807, 2.05) is 16.5 Å². The number of para-hydroxylation sites is 1. The van der Waals surface area contributed by atoms with E-state index in [1.165, 1.54) is 5.56 Å². The van der Waals surface area contributed by atoms with Crippen LogP contribution in [0.25, 0.3) is 5.69 Å². The number of fused-ring (bicyclic) bond motifs is 1. The molecule has 0 bridgehead atoms. The molecule has 2 aliphatic heterocycles. The average Bonchev–Trinajstić information content (AvgIpc) is 3.15. The molecule has 0 saturated carbocycles. The van der Waals surface area contributed by atoms with Gasteiger partial charge in [0.15, 0.2) is 0 Å². The van der Waals surface area contributed by atoms with E-state index < -0.39 is 0 Å². The molecule has 0 aliphatic carbocycles. The fraction of sp³-hybridized carbons (Fsp3) is 0.500. The van der Waals surface area contributed by atoms with Gasteiger partial charge in [0.1, 0.15) is 6.61 Å². The van der Waals surface area contributed by atoms with Gasteiger partial charge in [-0.2, -0.15) is 5.10 Å². The quantitative estimate of drug-likeness (QED) is 0.847. The number of piperazine rings is 1. The summed E-state index contributed by atoms with van der Waals surface area (Å²) in [6, 6.07) is 10.5. The van der Waals surface area contributed by atoms with Gasteiger partial charge >= 0.3 is 6.09 Å². The van der Waals surface area contributed by atoms with Gasteiger partial charge in [0.25, 0.3) is 0 Å². The molecular formula is C20H26N4O2. The SMILES string of the molecule is CCC12COC(=O)N1CCN(Cc1ccccc1-n1nc(C)cc1C)C2. The Hall–Kier alpha value is -2.34. The zero-order valence-electron chi connectivity index (χ0n) is 15.7. The highest BCUT2D eigenvalue weighted by atomic mass is 16.6. The predicted octanol–water partition coefficient (Wildman–Crippen LogP) is 2.91. The maximum absolute atomic E-state index is 12.0. The van der Waals surface area contributed by atoms with Crippen molar-refractivity contribution in [1.82, 2.24) is 19.6 Å². The molecule has 0 spiro atoms. The largest absolute Gasteiger partial charge is 0.447 e. The van der Waals surface area contributed by atoms with E-state index in [0.29, 0.717) is 6.61 Å². The summed E-state index contributed by atoms with van der Waals surface area (Å²) in [6.45, 7) is 10.0. The van der Waals surface area contributed by atoms with Gasteiger partial charge in [-0.1, -0.05) is 25.1 Å². The molecule has 3 heterocycles. The number of hydrogen-bond acceptors (Lipinski definition) is 4. The lowest BCUT2D eigenvalue weighted by Gasteiger charge is -2.44. The minimum Gasteiger partial charge on any atom is -0.447 e. The van der Waals surface area contributed by atoms with Gasteiger partial charge in [-0.05, 0) is 38.0 Å². The van der Waals surface area contributed by atoms with E-state index in [0.717, 1.165) is 49.7 Å². The molecule has 4 rings (SSSR count). The second-order valence-electron chi connectivity index (χ2n) is 7.46. The molecule has 6 heteroatoms. The van der Waals surface area contributed by atoms with Crippen LogP contribution < -0.4 is 0 Å². The fourth-order valence-corrected chi connectivity index (χ4v) is 4.25. The lowest BCUT2D eigenvalue weighted by molar-refractivity contribution is 0.0449. The summed E-state index contributed by atoms with van der Waals surface area (Å²) in [5, 5.41) is 4.65. The van der Waals surface area contributed by atoms with Crippen LogP contribution in [0.2, 0.25) is 0 Å². The van der Waals surface area contributed by atoms with Crippen molar-refractivity contribution in [3.05, 3.63) is 47.3 Å². The van der Waals surface area contributed by atoms with Crippen LogP contribution in [0.4, 0.5) is 4.79 Å². The number of amides is 1. The van der Waals surface area contributed by atoms with Gasteiger partial charge in [-0.15, -0.1) is 0 Å². The highest BCUT2D eigenvalue weighted by Crippen LogP contribution is 2.32. The molecule has 2 fully saturated rings. The zero-order chi connectivity index (χ0) is 18.3. The summed E-state index contributed by atoms with van der Waals surface area (Å²) < 4.78 is 7.38. The molecule has 0 radical (unpaired) electrons. The Labute approximate surface area is 154 Å². The molecule has 138 valence electrons. The summed E-state index contributed by atoms with van der Waals surface area (Å²) in [5.74, 6) is 0. The third-order valence-corrected chi connectivity index (χ3v) is 5.70. The summed E-state index contributed by atoms with van der Waals surface area (Å²) >= 11 is 0. The number of hydrogen-bond donors (Lipinski definition) is 0. The summed E-state index contributed by atoms with van der Waals surface area (Å²) in [6.07, 6.45) is 0.753. The van der Waals surface area contributed by atoms with Gasteiger partial charge in [0.05, 0.1) is 16.9 Å². The van der Waals surface area contributed by atoms with Crippen molar-refractivity contribution >= 4 is 6.09 Å². The molecule has 1 atom stereocenters. The predicted molar refractivity (Wildman–Crippen MR) is 99.4 cm³/mol. The van der Waals surface area contributed by atoms with Crippen LogP contribution in [-0.4, -0.2) is 57.5 Å². The molecule has 2 aliphatic rings. The Morgan fingerprint density at radius 3 is 2.77 bits per heavy atom. The Balaban J connectivity index is 1.59. The molecule has 1 aromatic carbocycles. The van der Waals surface area contributed by atoms with E-state index in [-0.39, 0.29) is 11.6 Å². The van der Waals surface area contributed by atoms with Gasteiger partial charge in [0.2, 0.25) is 0 Å². The number of rotatable bonds is 4. The first-order chi connectivity index (χ1) is 12.5. The fourth-order valence-electron chi connectivity index (χ4n) is 4.25. The van der Waals surface area contributed by atoms with Crippen LogP contribution >= 0.6 is 0 Å². The number of aromatic nitrogens is 2. The lowest BCUT2D eigenvalue weighted by Crippen LogP contribution is -2.60. The van der Waals surface area contributed by atoms with E-state index in [4.69, 9.17) is 4.74 Å². The van der Waals surface area contributed by atoms with Gasteiger partial charge in [0, 0.05) is 31.9 Å². The van der Waals surface area contributed by atoms with E-state index in [9.17, 15) is 4.79 Å². The van der Waals surface area contributed by atoms with Crippen LogP contribution in [0.5, 0.6) is 0 Å². The van der Waals surface area contributed by atoms with Crippen molar-refractivity contribution in [1.29, 1.82) is 0 Å². The monoisotopic (exact) mass is 354 g/mol. The number of aryl methyl sites for hydroxylation is 2. The third kappa shape index (κ3) is 2.78. The van der Waals surface area contributed by atoms with Crippen LogP contribution in [0.3, 0.4) is 0 Å². The van der Waals surface area contributed by atoms with Crippen molar-refractivity contribution in [3.63, 3.8) is 0 Å². The maximum Gasteiger partial charge on any atom is 0.410 e. The second-order valence-corrected chi connectivity index (χ2v) is 7.46.